The molecule has 1 unspecified atom stereocenters. The molecule has 14 heteroatoms. The molecule has 1 aliphatic rings. The van der Waals surface area contributed by atoms with Gasteiger partial charge in [0.1, 0.15) is 23.1 Å². The molecule has 3 aromatic rings. The second-order valence-electron chi connectivity index (χ2n) is 10.3. The van der Waals surface area contributed by atoms with E-state index >= 15 is 0 Å². The highest BCUT2D eigenvalue weighted by atomic mass is 35.5. The normalized spacial score (nSPS) is 20.4. The minimum Gasteiger partial charge on any atom is -0.493 e. The van der Waals surface area contributed by atoms with Crippen LogP contribution in [-0.4, -0.2) is 62.7 Å². The number of aliphatic hydroxyl groups is 2. The molecule has 0 spiro atoms. The molecule has 39 heavy (non-hydrogen) atoms. The van der Waals surface area contributed by atoms with Crippen LogP contribution < -0.4 is 15.2 Å². The van der Waals surface area contributed by atoms with E-state index in [2.05, 4.69) is 9.97 Å². The fraction of sp³-hybridized carbons (Fsp3) is 0.520. The lowest BCUT2D eigenvalue weighted by Crippen LogP contribution is -2.24. The third kappa shape index (κ3) is 5.58. The Hall–Kier alpha value is -3.23. The molecule has 0 saturated carbocycles. The Labute approximate surface area is 229 Å². The van der Waals surface area contributed by atoms with Crippen LogP contribution in [0.4, 0.5) is 11.6 Å². The highest BCUT2D eigenvalue weighted by Gasteiger charge is 2.37. The number of hydrogen-bond donors (Lipinski definition) is 3. The first kappa shape index (κ1) is 28.8. The first-order chi connectivity index (χ1) is 18.4. The summed E-state index contributed by atoms with van der Waals surface area (Å²) in [6, 6.07) is 2.87. The molecule has 4 rings (SSSR count). The van der Waals surface area contributed by atoms with Crippen molar-refractivity contribution in [3.63, 3.8) is 0 Å². The fourth-order valence-electron chi connectivity index (χ4n) is 4.81. The average molecular weight is 566 g/mol. The van der Waals surface area contributed by atoms with Gasteiger partial charge in [0.05, 0.1) is 61.6 Å². The van der Waals surface area contributed by atoms with Crippen molar-refractivity contribution in [2.75, 3.05) is 26.6 Å². The van der Waals surface area contributed by atoms with Crippen LogP contribution in [0.5, 0.6) is 11.5 Å². The van der Waals surface area contributed by atoms with Gasteiger partial charge in [0.15, 0.2) is 11.5 Å². The monoisotopic (exact) mass is 565 g/mol. The highest BCUT2D eigenvalue weighted by molar-refractivity contribution is 6.34. The van der Waals surface area contributed by atoms with Gasteiger partial charge in [-0.1, -0.05) is 32.4 Å². The summed E-state index contributed by atoms with van der Waals surface area (Å²) in [4.78, 5) is 20.0. The maximum Gasteiger partial charge on any atom is 0.279 e. The molecule has 0 bridgehead atoms. The number of nitro groups is 1. The first-order valence-corrected chi connectivity index (χ1v) is 12.6. The second-order valence-corrected chi connectivity index (χ2v) is 10.7. The van der Waals surface area contributed by atoms with E-state index in [0.717, 1.165) is 0 Å². The van der Waals surface area contributed by atoms with E-state index in [9.17, 15) is 20.3 Å². The lowest BCUT2D eigenvalue weighted by Gasteiger charge is -2.31. The number of fused-ring (bicyclic) bond motifs is 1. The number of nitrogens with two attached hydrogens (primary N) is 1. The van der Waals surface area contributed by atoms with Gasteiger partial charge in [-0.15, -0.1) is 0 Å². The van der Waals surface area contributed by atoms with Crippen molar-refractivity contribution in [1.82, 2.24) is 14.5 Å². The van der Waals surface area contributed by atoms with Gasteiger partial charge >= 0.3 is 0 Å². The summed E-state index contributed by atoms with van der Waals surface area (Å²) in [5.74, 6) is 0.505. The number of nitro benzene ring substituents is 1. The molecule has 1 aromatic carbocycles. The lowest BCUT2D eigenvalue weighted by molar-refractivity contribution is -0.386. The molecule has 0 radical (unpaired) electrons. The molecule has 4 N–H and O–H groups in total. The number of halogens is 1. The topological polar surface area (TPSA) is 177 Å². The Balaban J connectivity index is 1.77. The Morgan fingerprint density at radius 2 is 1.95 bits per heavy atom. The quantitative estimate of drug-likeness (QED) is 0.196. The van der Waals surface area contributed by atoms with E-state index in [1.807, 2.05) is 20.8 Å². The minimum atomic E-state index is -0.873. The van der Waals surface area contributed by atoms with Crippen LogP contribution in [0.3, 0.4) is 0 Å². The zero-order valence-electron chi connectivity index (χ0n) is 22.3. The van der Waals surface area contributed by atoms with Crippen molar-refractivity contribution in [3.05, 3.63) is 44.7 Å². The molecule has 1 fully saturated rings. The van der Waals surface area contributed by atoms with E-state index in [4.69, 9.17) is 36.3 Å². The summed E-state index contributed by atoms with van der Waals surface area (Å²) < 4.78 is 24.5. The van der Waals surface area contributed by atoms with E-state index in [1.54, 1.807) is 16.8 Å². The van der Waals surface area contributed by atoms with Gasteiger partial charge in [0.2, 0.25) is 5.95 Å². The smallest absolute Gasteiger partial charge is 0.279 e. The fourth-order valence-corrected chi connectivity index (χ4v) is 5.10. The number of ether oxygens (including phenoxy) is 4. The third-order valence-electron chi connectivity index (χ3n) is 6.62. The van der Waals surface area contributed by atoms with Gasteiger partial charge in [0.25, 0.3) is 5.69 Å². The van der Waals surface area contributed by atoms with Crippen LogP contribution in [0.15, 0.2) is 18.3 Å². The van der Waals surface area contributed by atoms with E-state index in [1.165, 1.54) is 20.3 Å². The summed E-state index contributed by atoms with van der Waals surface area (Å²) >= 11 is 6.48. The number of methoxy groups -OCH3 is 2. The molecule has 2 aromatic heterocycles. The van der Waals surface area contributed by atoms with Crippen LogP contribution in [0.25, 0.3) is 11.0 Å². The number of rotatable bonds is 9. The van der Waals surface area contributed by atoms with Crippen molar-refractivity contribution in [2.24, 2.45) is 5.41 Å². The Morgan fingerprint density at radius 1 is 1.28 bits per heavy atom. The van der Waals surface area contributed by atoms with Crippen molar-refractivity contribution in [2.45, 2.75) is 58.3 Å². The van der Waals surface area contributed by atoms with Crippen LogP contribution in [0, 0.1) is 15.5 Å². The minimum absolute atomic E-state index is 0.0252. The maximum absolute atomic E-state index is 12.0. The summed E-state index contributed by atoms with van der Waals surface area (Å²) in [6.45, 7) is 5.34. The Bertz CT molecular complexity index is 1370. The standard InChI is InChI=1S/C25H32ClN5O8/c1-25(2,3)21(13-6-16(36-4)17(37-5)7-14(13)31(34)35)38-11-12-9-30(19-8-15(33)18(10-32)39-19)23-20(12)22(26)28-24(27)29-23/h6-7,9,15,18-19,21,32-33H,8,10-11H2,1-5H3,(H2,27,28,29)/t15-,18-,19-,21?/m1/s1. The number of benzene rings is 1. The van der Waals surface area contributed by atoms with E-state index in [-0.39, 0.29) is 42.2 Å². The highest BCUT2D eigenvalue weighted by Crippen LogP contribution is 2.45. The van der Waals surface area contributed by atoms with Crippen LogP contribution >= 0.6 is 11.6 Å². The molecular formula is C25H32ClN5O8. The van der Waals surface area contributed by atoms with Gasteiger partial charge in [-0.05, 0) is 11.5 Å². The lowest BCUT2D eigenvalue weighted by atomic mass is 9.83. The summed E-state index contributed by atoms with van der Waals surface area (Å²) in [7, 11) is 2.86. The average Bonchev–Trinajstić information content (AvgIpc) is 3.42. The Morgan fingerprint density at radius 3 is 2.51 bits per heavy atom. The van der Waals surface area contributed by atoms with Gasteiger partial charge in [0, 0.05) is 18.2 Å². The third-order valence-corrected chi connectivity index (χ3v) is 6.90. The first-order valence-electron chi connectivity index (χ1n) is 12.2. The predicted octanol–water partition coefficient (Wildman–Crippen LogP) is 3.54. The van der Waals surface area contributed by atoms with Gasteiger partial charge in [-0.3, -0.25) is 10.1 Å². The predicted molar refractivity (Wildman–Crippen MR) is 142 cm³/mol. The zero-order chi connectivity index (χ0) is 28.6. The van der Waals surface area contributed by atoms with Crippen LogP contribution in [0.2, 0.25) is 5.15 Å². The largest absolute Gasteiger partial charge is 0.493 e. The van der Waals surface area contributed by atoms with E-state index < -0.39 is 34.9 Å². The van der Waals surface area contributed by atoms with Gasteiger partial charge < -0.3 is 39.5 Å². The van der Waals surface area contributed by atoms with E-state index in [0.29, 0.717) is 27.9 Å². The maximum atomic E-state index is 12.0. The van der Waals surface area contributed by atoms with Gasteiger partial charge in [-0.2, -0.15) is 4.98 Å². The molecule has 1 saturated heterocycles. The number of aliphatic hydroxyl groups excluding tert-OH is 2. The summed E-state index contributed by atoms with van der Waals surface area (Å²) in [6.07, 6.45) is -1.11. The zero-order valence-corrected chi connectivity index (χ0v) is 23.0. The Kier molecular flexibility index (Phi) is 8.19. The van der Waals surface area contributed by atoms with Crippen molar-refractivity contribution < 1.29 is 34.1 Å². The molecule has 0 aliphatic carbocycles. The SMILES string of the molecule is COc1cc(C(OCc2cn([C@H]3C[C@@H](O)[C@@H](CO)O3)c3nc(N)nc(Cl)c23)C(C)(C)C)c([N+](=O)[O-])cc1OC. The molecule has 0 amide bonds. The molecule has 1 aliphatic heterocycles. The number of anilines is 1. The summed E-state index contributed by atoms with van der Waals surface area (Å²) in [5.41, 5.74) is 6.37. The van der Waals surface area contributed by atoms with Crippen molar-refractivity contribution in [3.8, 4) is 11.5 Å². The number of nitrogen functional groups attached to an aromatic ring is 1. The number of nitrogens with zero attached hydrogens (tertiary/aromatic N) is 4. The molecule has 13 nitrogen and oxygen atoms in total. The molecule has 3 heterocycles. The number of aromatic nitrogens is 3. The van der Waals surface area contributed by atoms with Gasteiger partial charge in [-0.25, -0.2) is 4.98 Å². The van der Waals surface area contributed by atoms with Crippen molar-refractivity contribution in [1.29, 1.82) is 0 Å². The van der Waals surface area contributed by atoms with Crippen LogP contribution in [-0.2, 0) is 16.1 Å². The second kappa shape index (κ2) is 11.1. The van der Waals surface area contributed by atoms with Crippen LogP contribution in [0.1, 0.15) is 50.7 Å². The molecule has 212 valence electrons. The molecule has 4 atom stereocenters. The number of hydrogen-bond acceptors (Lipinski definition) is 11. The van der Waals surface area contributed by atoms with Crippen molar-refractivity contribution >= 4 is 34.3 Å². The summed E-state index contributed by atoms with van der Waals surface area (Å²) in [5, 5.41) is 32.4. The molecular weight excluding hydrogens is 534 g/mol.